The van der Waals surface area contributed by atoms with Gasteiger partial charge in [0.1, 0.15) is 17.2 Å². The molecule has 0 unspecified atom stereocenters. The topological polar surface area (TPSA) is 71.8 Å². The van der Waals surface area contributed by atoms with Gasteiger partial charge in [-0.2, -0.15) is 9.61 Å². The largest absolute Gasteiger partial charge is 0.444 e. The van der Waals surface area contributed by atoms with Crippen LogP contribution in [0.4, 0.5) is 16.4 Å². The molecule has 7 nitrogen and oxygen atoms in total. The summed E-state index contributed by atoms with van der Waals surface area (Å²) in [6.45, 7) is 8.47. The molecule has 0 saturated carbocycles. The van der Waals surface area contributed by atoms with Crippen molar-refractivity contribution in [2.45, 2.75) is 51.0 Å². The van der Waals surface area contributed by atoms with Crippen LogP contribution in [0.2, 0.25) is 0 Å². The molecule has 2 heterocycles. The fraction of sp³-hybridized carbons (Fsp3) is 0.562. The Morgan fingerprint density at radius 3 is 2.79 bits per heavy atom. The Morgan fingerprint density at radius 1 is 1.46 bits per heavy atom. The number of amides is 1. The first-order valence-corrected chi connectivity index (χ1v) is 8.45. The minimum Gasteiger partial charge on any atom is -0.444 e. The number of aromatic nitrogens is 3. The molecule has 1 amide bonds. The summed E-state index contributed by atoms with van der Waals surface area (Å²) < 4.78 is 6.86. The first-order valence-electron chi connectivity index (χ1n) is 8.00. The molecule has 2 rings (SSSR count). The maximum Gasteiger partial charge on any atom is 0.413 e. The number of ether oxygens (including phenoxy) is 1. The van der Waals surface area contributed by atoms with Crippen LogP contribution in [0, 0.1) is 0 Å². The first kappa shape index (κ1) is 18.4. The minimum absolute atomic E-state index is 0.493. The maximum absolute atomic E-state index is 12.1. The van der Waals surface area contributed by atoms with Crippen LogP contribution in [0.1, 0.15) is 40.5 Å². The number of thiol groups is 1. The number of anilines is 2. The van der Waals surface area contributed by atoms with E-state index in [1.54, 1.807) is 16.8 Å². The summed E-state index contributed by atoms with van der Waals surface area (Å²) in [7, 11) is 1.97. The fourth-order valence-electron chi connectivity index (χ4n) is 2.14. The van der Waals surface area contributed by atoms with Crippen LogP contribution in [0.3, 0.4) is 0 Å². The predicted octanol–water partition coefficient (Wildman–Crippen LogP) is 3.60. The Kier molecular flexibility index (Phi) is 5.58. The molecule has 2 aromatic rings. The number of nitrogens with one attached hydrogen (secondary N) is 1. The fourth-order valence-corrected chi connectivity index (χ4v) is 2.34. The highest BCUT2D eigenvalue weighted by Crippen LogP contribution is 2.23. The van der Waals surface area contributed by atoms with Gasteiger partial charge in [-0.3, -0.25) is 5.32 Å². The van der Waals surface area contributed by atoms with Crippen LogP contribution in [-0.4, -0.2) is 39.9 Å². The molecule has 0 spiro atoms. The molecule has 132 valence electrons. The molecule has 0 radical (unpaired) electrons. The van der Waals surface area contributed by atoms with Crippen molar-refractivity contribution in [3.05, 3.63) is 12.3 Å². The molecule has 0 aromatic carbocycles. The van der Waals surface area contributed by atoms with E-state index in [4.69, 9.17) is 4.74 Å². The lowest BCUT2D eigenvalue weighted by Crippen LogP contribution is -2.28. The summed E-state index contributed by atoms with van der Waals surface area (Å²) in [6, 6.07) is 1.78. The molecular formula is C16H25N5O2S. The van der Waals surface area contributed by atoms with Crippen molar-refractivity contribution >= 4 is 36.0 Å². The van der Waals surface area contributed by atoms with Crippen LogP contribution in [0.15, 0.2) is 17.2 Å². The molecule has 0 fully saturated rings. The van der Waals surface area contributed by atoms with Crippen molar-refractivity contribution in [3.8, 4) is 0 Å². The normalized spacial score (nSPS) is 11.6. The number of fused-ring (bicyclic) bond motifs is 1. The van der Waals surface area contributed by atoms with Gasteiger partial charge < -0.3 is 9.64 Å². The van der Waals surface area contributed by atoms with E-state index in [0.29, 0.717) is 16.4 Å². The minimum atomic E-state index is -0.574. The van der Waals surface area contributed by atoms with Crippen LogP contribution < -0.4 is 10.2 Å². The van der Waals surface area contributed by atoms with E-state index < -0.39 is 11.7 Å². The third kappa shape index (κ3) is 4.53. The number of nitrogens with zero attached hydrogens (tertiary/aromatic N) is 4. The zero-order valence-corrected chi connectivity index (χ0v) is 15.7. The van der Waals surface area contributed by atoms with E-state index in [1.165, 1.54) is 0 Å². The molecule has 1 N–H and O–H groups in total. The second-order valence-electron chi connectivity index (χ2n) is 6.67. The highest BCUT2D eigenvalue weighted by molar-refractivity contribution is 7.80. The van der Waals surface area contributed by atoms with Crippen LogP contribution in [0.5, 0.6) is 0 Å². The van der Waals surface area contributed by atoms with Crippen molar-refractivity contribution in [2.24, 2.45) is 0 Å². The molecule has 0 aliphatic rings. The molecule has 24 heavy (non-hydrogen) atoms. The van der Waals surface area contributed by atoms with E-state index in [1.807, 2.05) is 32.7 Å². The smallest absolute Gasteiger partial charge is 0.413 e. The lowest BCUT2D eigenvalue weighted by molar-refractivity contribution is 0.0635. The molecular weight excluding hydrogens is 326 g/mol. The molecule has 0 saturated heterocycles. The van der Waals surface area contributed by atoms with Gasteiger partial charge in [0.05, 0.1) is 11.1 Å². The maximum atomic E-state index is 12.1. The number of carbonyl (C=O) groups is 1. The number of hydrogen-bond donors (Lipinski definition) is 2. The van der Waals surface area contributed by atoms with Gasteiger partial charge in [0.15, 0.2) is 5.65 Å². The third-order valence-corrected chi connectivity index (χ3v) is 3.62. The molecule has 0 aliphatic heterocycles. The SMILES string of the molecule is CCCCN(C)c1cc(NC(=O)OC(C)(C)C)n2ncc(S)c2n1. The van der Waals surface area contributed by atoms with Crippen LogP contribution >= 0.6 is 12.6 Å². The average molecular weight is 351 g/mol. The van der Waals surface area contributed by atoms with Crippen LogP contribution in [0.25, 0.3) is 5.65 Å². The number of hydrogen-bond acceptors (Lipinski definition) is 6. The Balaban J connectivity index is 2.35. The van der Waals surface area contributed by atoms with Gasteiger partial charge in [0.2, 0.25) is 0 Å². The van der Waals surface area contributed by atoms with Gasteiger partial charge in [0, 0.05) is 19.7 Å². The lowest BCUT2D eigenvalue weighted by atomic mass is 10.2. The zero-order chi connectivity index (χ0) is 17.9. The molecule has 0 atom stereocenters. The van der Waals surface area contributed by atoms with E-state index in [0.717, 1.165) is 25.2 Å². The molecule has 0 aliphatic carbocycles. The Labute approximate surface area is 147 Å². The molecule has 2 aromatic heterocycles. The summed E-state index contributed by atoms with van der Waals surface area (Å²) in [6.07, 6.45) is 3.22. The Bertz CT molecular complexity index is 723. The highest BCUT2D eigenvalue weighted by Gasteiger charge is 2.19. The van der Waals surface area contributed by atoms with Crippen molar-refractivity contribution in [1.82, 2.24) is 14.6 Å². The third-order valence-electron chi connectivity index (χ3n) is 3.31. The van der Waals surface area contributed by atoms with Gasteiger partial charge in [-0.05, 0) is 27.2 Å². The van der Waals surface area contributed by atoms with Gasteiger partial charge in [-0.25, -0.2) is 9.78 Å². The molecule has 0 bridgehead atoms. The average Bonchev–Trinajstić information content (AvgIpc) is 2.84. The van der Waals surface area contributed by atoms with Gasteiger partial charge in [-0.15, -0.1) is 12.6 Å². The number of carbonyl (C=O) groups excluding carboxylic acids is 1. The van der Waals surface area contributed by atoms with E-state index in [9.17, 15) is 4.79 Å². The molecule has 8 heteroatoms. The Hall–Kier alpha value is -1.96. The highest BCUT2D eigenvalue weighted by atomic mass is 32.1. The van der Waals surface area contributed by atoms with Crippen LogP contribution in [-0.2, 0) is 4.74 Å². The summed E-state index contributed by atoms with van der Waals surface area (Å²) in [5, 5.41) is 6.96. The summed E-state index contributed by atoms with van der Waals surface area (Å²) in [5.74, 6) is 1.24. The van der Waals surface area contributed by atoms with Gasteiger partial charge in [0.25, 0.3) is 0 Å². The monoisotopic (exact) mass is 351 g/mol. The second kappa shape index (κ2) is 7.29. The second-order valence-corrected chi connectivity index (χ2v) is 7.15. The Morgan fingerprint density at radius 2 is 2.17 bits per heavy atom. The number of unbranched alkanes of at least 4 members (excludes halogenated alkanes) is 1. The van der Waals surface area contributed by atoms with Crippen molar-refractivity contribution in [1.29, 1.82) is 0 Å². The standard InChI is InChI=1S/C16H25N5O2S/c1-6-7-8-20(5)12-9-13(19-15(22)23-16(2,3)4)21-14(18-12)11(24)10-17-21/h9-10,24H,6-8H2,1-5H3,(H,19,22). The number of rotatable bonds is 5. The van der Waals surface area contributed by atoms with Gasteiger partial charge in [-0.1, -0.05) is 13.3 Å². The van der Waals surface area contributed by atoms with E-state index in [-0.39, 0.29) is 0 Å². The van der Waals surface area contributed by atoms with E-state index >= 15 is 0 Å². The van der Waals surface area contributed by atoms with Crippen molar-refractivity contribution in [3.63, 3.8) is 0 Å². The summed E-state index contributed by atoms with van der Waals surface area (Å²) >= 11 is 4.39. The van der Waals surface area contributed by atoms with Gasteiger partial charge >= 0.3 is 6.09 Å². The van der Waals surface area contributed by atoms with Crippen molar-refractivity contribution in [2.75, 3.05) is 23.8 Å². The lowest BCUT2D eigenvalue weighted by Gasteiger charge is -2.21. The van der Waals surface area contributed by atoms with Crippen molar-refractivity contribution < 1.29 is 9.53 Å². The first-order chi connectivity index (χ1) is 11.2. The van der Waals surface area contributed by atoms with E-state index in [2.05, 4.69) is 35.0 Å². The quantitative estimate of drug-likeness (QED) is 0.805. The zero-order valence-electron chi connectivity index (χ0n) is 14.8. The summed E-state index contributed by atoms with van der Waals surface area (Å²) in [4.78, 5) is 19.4. The predicted molar refractivity (Wildman–Crippen MR) is 98.3 cm³/mol. The summed E-state index contributed by atoms with van der Waals surface area (Å²) in [5.41, 5.74) is 0.0146.